The van der Waals surface area contributed by atoms with Crippen molar-refractivity contribution in [1.82, 2.24) is 0 Å². The SMILES string of the molecule is COc1ccccc1/C=C/[C@@H]1Nc2ccccc2C(=O)N1c1ccccc1. The van der Waals surface area contributed by atoms with Crippen LogP contribution >= 0.6 is 0 Å². The Bertz CT molecular complexity index is 982. The Morgan fingerprint density at radius 1 is 0.926 bits per heavy atom. The Labute approximate surface area is 158 Å². The van der Waals surface area contributed by atoms with E-state index in [9.17, 15) is 4.79 Å². The van der Waals surface area contributed by atoms with E-state index in [-0.39, 0.29) is 12.1 Å². The normalized spacial score (nSPS) is 16.1. The van der Waals surface area contributed by atoms with Crippen LogP contribution in [0.5, 0.6) is 5.75 Å². The third kappa shape index (κ3) is 3.29. The molecule has 3 aromatic carbocycles. The molecule has 134 valence electrons. The van der Waals surface area contributed by atoms with Gasteiger partial charge >= 0.3 is 0 Å². The van der Waals surface area contributed by atoms with Crippen molar-refractivity contribution in [3.63, 3.8) is 0 Å². The number of carbonyl (C=O) groups is 1. The van der Waals surface area contributed by atoms with Crippen molar-refractivity contribution in [3.8, 4) is 5.75 Å². The zero-order chi connectivity index (χ0) is 18.6. The van der Waals surface area contributed by atoms with Crippen LogP contribution in [-0.4, -0.2) is 19.2 Å². The summed E-state index contributed by atoms with van der Waals surface area (Å²) in [6.45, 7) is 0. The van der Waals surface area contributed by atoms with Gasteiger partial charge < -0.3 is 10.1 Å². The number of carbonyl (C=O) groups excluding carboxylic acids is 1. The maximum absolute atomic E-state index is 13.2. The molecule has 0 aliphatic carbocycles. The monoisotopic (exact) mass is 356 g/mol. The summed E-state index contributed by atoms with van der Waals surface area (Å²) >= 11 is 0. The molecule has 0 unspecified atom stereocenters. The zero-order valence-corrected chi connectivity index (χ0v) is 15.0. The van der Waals surface area contributed by atoms with Crippen LogP contribution < -0.4 is 15.0 Å². The lowest BCUT2D eigenvalue weighted by Crippen LogP contribution is -2.48. The van der Waals surface area contributed by atoms with E-state index < -0.39 is 0 Å². The van der Waals surface area contributed by atoms with E-state index >= 15 is 0 Å². The second-order valence-electron chi connectivity index (χ2n) is 6.25. The minimum absolute atomic E-state index is 0.0229. The van der Waals surface area contributed by atoms with E-state index in [0.717, 1.165) is 22.7 Å². The first-order valence-electron chi connectivity index (χ1n) is 8.83. The number of methoxy groups -OCH3 is 1. The average Bonchev–Trinajstić information content (AvgIpc) is 2.73. The largest absolute Gasteiger partial charge is 0.496 e. The summed E-state index contributed by atoms with van der Waals surface area (Å²) in [6, 6.07) is 25.1. The van der Waals surface area contributed by atoms with E-state index in [0.29, 0.717) is 5.56 Å². The molecular weight excluding hydrogens is 336 g/mol. The van der Waals surface area contributed by atoms with Gasteiger partial charge in [-0.3, -0.25) is 9.69 Å². The molecule has 0 bridgehead atoms. The van der Waals surface area contributed by atoms with Crippen molar-refractivity contribution in [3.05, 3.63) is 96.1 Å². The number of hydrogen-bond donors (Lipinski definition) is 1. The number of benzene rings is 3. The first-order valence-corrected chi connectivity index (χ1v) is 8.83. The van der Waals surface area contributed by atoms with Gasteiger partial charge in [-0.1, -0.05) is 54.6 Å². The summed E-state index contributed by atoms with van der Waals surface area (Å²) < 4.78 is 5.42. The predicted molar refractivity (Wildman–Crippen MR) is 109 cm³/mol. The quantitative estimate of drug-likeness (QED) is 0.730. The highest BCUT2D eigenvalue weighted by atomic mass is 16.5. The zero-order valence-electron chi connectivity index (χ0n) is 15.0. The smallest absolute Gasteiger partial charge is 0.262 e. The highest BCUT2D eigenvalue weighted by Gasteiger charge is 2.31. The first kappa shape index (κ1) is 16.9. The van der Waals surface area contributed by atoms with Crippen LogP contribution in [0.15, 0.2) is 84.9 Å². The number of amides is 1. The molecule has 0 saturated heterocycles. The van der Waals surface area contributed by atoms with E-state index in [1.165, 1.54) is 0 Å². The molecular formula is C23H20N2O2. The van der Waals surface area contributed by atoms with Crippen LogP contribution in [0.3, 0.4) is 0 Å². The molecule has 3 aromatic rings. The average molecular weight is 356 g/mol. The summed E-state index contributed by atoms with van der Waals surface area (Å²) in [7, 11) is 1.65. The Morgan fingerprint density at radius 2 is 1.63 bits per heavy atom. The molecule has 1 N–H and O–H groups in total. The highest BCUT2D eigenvalue weighted by molar-refractivity contribution is 6.12. The Hall–Kier alpha value is -3.53. The number of para-hydroxylation sites is 3. The van der Waals surface area contributed by atoms with Gasteiger partial charge in [0.1, 0.15) is 11.9 Å². The lowest BCUT2D eigenvalue weighted by atomic mass is 10.1. The predicted octanol–water partition coefficient (Wildman–Crippen LogP) is 4.81. The van der Waals surface area contributed by atoms with E-state index in [2.05, 4.69) is 5.32 Å². The lowest BCUT2D eigenvalue weighted by molar-refractivity contribution is 0.0980. The molecule has 0 spiro atoms. The lowest BCUT2D eigenvalue weighted by Gasteiger charge is -2.36. The van der Waals surface area contributed by atoms with Crippen LogP contribution in [0.25, 0.3) is 6.08 Å². The summed E-state index contributed by atoms with van der Waals surface area (Å²) in [4.78, 5) is 15.0. The standard InChI is InChI=1S/C23H20N2O2/c1-27-21-14-8-5-9-17(21)15-16-22-24-20-13-7-6-12-19(20)23(26)25(22)18-10-3-2-4-11-18/h2-16,22,24H,1H3/b16-15+/t22-/m1/s1. The molecule has 4 nitrogen and oxygen atoms in total. The van der Waals surface area contributed by atoms with Gasteiger partial charge in [-0.25, -0.2) is 0 Å². The Morgan fingerprint density at radius 3 is 2.44 bits per heavy atom. The van der Waals surface area contributed by atoms with Gasteiger partial charge in [0.05, 0.1) is 12.7 Å². The number of fused-ring (bicyclic) bond motifs is 1. The minimum atomic E-state index is -0.306. The van der Waals surface area contributed by atoms with Gasteiger partial charge in [0, 0.05) is 16.9 Å². The fraction of sp³-hybridized carbons (Fsp3) is 0.0870. The fourth-order valence-electron chi connectivity index (χ4n) is 3.27. The van der Waals surface area contributed by atoms with Gasteiger partial charge in [-0.05, 0) is 36.4 Å². The molecule has 4 heteroatoms. The second-order valence-corrected chi connectivity index (χ2v) is 6.25. The Kier molecular flexibility index (Phi) is 4.62. The molecule has 1 amide bonds. The highest BCUT2D eigenvalue weighted by Crippen LogP contribution is 2.30. The summed E-state index contributed by atoms with van der Waals surface area (Å²) in [5.41, 5.74) is 3.31. The topological polar surface area (TPSA) is 41.6 Å². The molecule has 1 aliphatic heterocycles. The third-order valence-corrected chi connectivity index (χ3v) is 4.59. The van der Waals surface area contributed by atoms with Crippen molar-refractivity contribution < 1.29 is 9.53 Å². The van der Waals surface area contributed by atoms with E-state index in [1.807, 2.05) is 91.0 Å². The fourth-order valence-corrected chi connectivity index (χ4v) is 3.27. The van der Waals surface area contributed by atoms with Gasteiger partial charge in [0.15, 0.2) is 0 Å². The van der Waals surface area contributed by atoms with Crippen LogP contribution in [0.4, 0.5) is 11.4 Å². The molecule has 0 radical (unpaired) electrons. The number of nitrogens with one attached hydrogen (secondary N) is 1. The maximum Gasteiger partial charge on any atom is 0.262 e. The van der Waals surface area contributed by atoms with Gasteiger partial charge in [-0.2, -0.15) is 0 Å². The number of hydrogen-bond acceptors (Lipinski definition) is 3. The number of rotatable bonds is 4. The van der Waals surface area contributed by atoms with Crippen LogP contribution in [0, 0.1) is 0 Å². The summed E-state index contributed by atoms with van der Waals surface area (Å²) in [5, 5.41) is 3.46. The van der Waals surface area contributed by atoms with E-state index in [1.54, 1.807) is 12.0 Å². The molecule has 0 saturated carbocycles. The van der Waals surface area contributed by atoms with Crippen molar-refractivity contribution in [2.24, 2.45) is 0 Å². The van der Waals surface area contributed by atoms with Crippen LogP contribution in [-0.2, 0) is 0 Å². The first-order chi connectivity index (χ1) is 13.3. The molecule has 0 fully saturated rings. The minimum Gasteiger partial charge on any atom is -0.496 e. The van der Waals surface area contributed by atoms with Crippen molar-refractivity contribution in [2.45, 2.75) is 6.17 Å². The maximum atomic E-state index is 13.2. The van der Waals surface area contributed by atoms with Crippen molar-refractivity contribution in [1.29, 1.82) is 0 Å². The van der Waals surface area contributed by atoms with Crippen molar-refractivity contribution >= 4 is 23.4 Å². The number of ether oxygens (including phenoxy) is 1. The number of anilines is 2. The molecule has 1 atom stereocenters. The summed E-state index contributed by atoms with van der Waals surface area (Å²) in [6.07, 6.45) is 3.66. The van der Waals surface area contributed by atoms with Crippen LogP contribution in [0.1, 0.15) is 15.9 Å². The van der Waals surface area contributed by atoms with Gasteiger partial charge in [-0.15, -0.1) is 0 Å². The molecule has 1 aliphatic rings. The molecule has 27 heavy (non-hydrogen) atoms. The molecule has 0 aromatic heterocycles. The second kappa shape index (κ2) is 7.38. The molecule has 1 heterocycles. The van der Waals surface area contributed by atoms with E-state index in [4.69, 9.17) is 4.74 Å². The van der Waals surface area contributed by atoms with Gasteiger partial charge in [0.2, 0.25) is 0 Å². The van der Waals surface area contributed by atoms with Crippen molar-refractivity contribution in [2.75, 3.05) is 17.3 Å². The summed E-state index contributed by atoms with van der Waals surface area (Å²) in [5.74, 6) is 0.771. The molecule has 4 rings (SSSR count). The third-order valence-electron chi connectivity index (χ3n) is 4.59. The Balaban J connectivity index is 1.75. The van der Waals surface area contributed by atoms with Gasteiger partial charge in [0.25, 0.3) is 5.91 Å². The van der Waals surface area contributed by atoms with Crippen LogP contribution in [0.2, 0.25) is 0 Å². The number of nitrogens with zero attached hydrogens (tertiary/aromatic N) is 1.